The van der Waals surface area contributed by atoms with Gasteiger partial charge in [-0.2, -0.15) is 11.8 Å². The van der Waals surface area contributed by atoms with Crippen molar-refractivity contribution in [3.05, 3.63) is 39.4 Å². The second-order valence-electron chi connectivity index (χ2n) is 5.27. The number of thioether (sulfide) groups is 1. The van der Waals surface area contributed by atoms with Crippen molar-refractivity contribution >= 4 is 29.3 Å². The minimum absolute atomic E-state index is 0.102. The van der Waals surface area contributed by atoms with Gasteiger partial charge in [0.25, 0.3) is 11.6 Å². The van der Waals surface area contributed by atoms with Crippen LogP contribution < -0.4 is 5.32 Å². The van der Waals surface area contributed by atoms with Gasteiger partial charge in [-0.3, -0.25) is 14.9 Å². The molecular weight excluding hydrogens is 308 g/mol. The van der Waals surface area contributed by atoms with Crippen LogP contribution in [-0.2, 0) is 4.79 Å². The molecular formula is C14H16N2O5S. The predicted octanol–water partition coefficient (Wildman–Crippen LogP) is 1.98. The van der Waals surface area contributed by atoms with E-state index in [1.807, 2.05) is 0 Å². The van der Waals surface area contributed by atoms with Gasteiger partial charge >= 0.3 is 5.97 Å². The second kappa shape index (κ2) is 6.35. The minimum atomic E-state index is -1.29. The Morgan fingerprint density at radius 2 is 1.95 bits per heavy atom. The number of aliphatic carboxylic acids is 1. The van der Waals surface area contributed by atoms with Crippen molar-refractivity contribution in [1.29, 1.82) is 0 Å². The minimum Gasteiger partial charge on any atom is -0.480 e. The summed E-state index contributed by atoms with van der Waals surface area (Å²) in [6, 6.07) is 4.03. The van der Waals surface area contributed by atoms with E-state index in [0.29, 0.717) is 29.9 Å². The van der Waals surface area contributed by atoms with Crippen molar-refractivity contribution in [2.75, 3.05) is 11.5 Å². The Kier molecular flexibility index (Phi) is 4.70. The highest BCUT2D eigenvalue weighted by Crippen LogP contribution is 2.28. The topological polar surface area (TPSA) is 110 Å². The van der Waals surface area contributed by atoms with Gasteiger partial charge in [-0.25, -0.2) is 4.79 Å². The molecule has 0 aliphatic carbocycles. The Labute approximate surface area is 131 Å². The Morgan fingerprint density at radius 1 is 1.32 bits per heavy atom. The van der Waals surface area contributed by atoms with Crippen molar-refractivity contribution in [2.24, 2.45) is 0 Å². The number of amides is 1. The molecule has 0 atom stereocenters. The summed E-state index contributed by atoms with van der Waals surface area (Å²) in [6.45, 7) is 1.65. The molecule has 7 nitrogen and oxygen atoms in total. The van der Waals surface area contributed by atoms with Gasteiger partial charge < -0.3 is 10.4 Å². The summed E-state index contributed by atoms with van der Waals surface area (Å²) in [5.41, 5.74) is -0.803. The number of benzene rings is 1. The molecule has 0 saturated carbocycles. The van der Waals surface area contributed by atoms with E-state index in [1.165, 1.54) is 12.1 Å². The summed E-state index contributed by atoms with van der Waals surface area (Å²) in [4.78, 5) is 34.2. The number of hydrogen-bond donors (Lipinski definition) is 2. The molecule has 1 heterocycles. The van der Waals surface area contributed by atoms with E-state index in [-0.39, 0.29) is 11.3 Å². The van der Waals surface area contributed by atoms with E-state index >= 15 is 0 Å². The van der Waals surface area contributed by atoms with Gasteiger partial charge in [0.15, 0.2) is 0 Å². The number of nitrogens with zero attached hydrogens (tertiary/aromatic N) is 1. The summed E-state index contributed by atoms with van der Waals surface area (Å²) in [7, 11) is 0. The number of hydrogen-bond acceptors (Lipinski definition) is 5. The van der Waals surface area contributed by atoms with Crippen LogP contribution in [0, 0.1) is 17.0 Å². The van der Waals surface area contributed by atoms with Crippen LogP contribution in [0.3, 0.4) is 0 Å². The molecule has 1 amide bonds. The summed E-state index contributed by atoms with van der Waals surface area (Å²) < 4.78 is 0. The number of carboxylic acids is 1. The van der Waals surface area contributed by atoms with Crippen molar-refractivity contribution < 1.29 is 19.6 Å². The second-order valence-corrected chi connectivity index (χ2v) is 6.49. The quantitative estimate of drug-likeness (QED) is 0.647. The number of carboxylic acid groups (broad SMARTS) is 1. The summed E-state index contributed by atoms with van der Waals surface area (Å²) >= 11 is 1.64. The van der Waals surface area contributed by atoms with Gasteiger partial charge in [-0.1, -0.05) is 0 Å². The molecule has 0 spiro atoms. The molecule has 22 heavy (non-hydrogen) atoms. The molecule has 1 aliphatic heterocycles. The highest BCUT2D eigenvalue weighted by Gasteiger charge is 2.41. The lowest BCUT2D eigenvalue weighted by Crippen LogP contribution is -2.56. The molecule has 118 valence electrons. The van der Waals surface area contributed by atoms with Gasteiger partial charge in [0, 0.05) is 17.7 Å². The number of nitrogens with one attached hydrogen (secondary N) is 1. The maximum Gasteiger partial charge on any atom is 0.329 e. The molecule has 2 rings (SSSR count). The summed E-state index contributed by atoms with van der Waals surface area (Å²) in [6.07, 6.45) is 0.680. The first kappa shape index (κ1) is 16.3. The van der Waals surface area contributed by atoms with Crippen LogP contribution in [0.4, 0.5) is 5.69 Å². The van der Waals surface area contributed by atoms with E-state index in [1.54, 1.807) is 18.7 Å². The lowest BCUT2D eigenvalue weighted by molar-refractivity contribution is -0.384. The van der Waals surface area contributed by atoms with E-state index in [2.05, 4.69) is 5.32 Å². The first-order valence-electron chi connectivity index (χ1n) is 6.74. The smallest absolute Gasteiger partial charge is 0.329 e. The van der Waals surface area contributed by atoms with Crippen molar-refractivity contribution in [2.45, 2.75) is 25.3 Å². The fourth-order valence-electron chi connectivity index (χ4n) is 2.40. The van der Waals surface area contributed by atoms with Crippen LogP contribution in [0.2, 0.25) is 0 Å². The number of rotatable bonds is 4. The summed E-state index contributed by atoms with van der Waals surface area (Å²) in [5.74, 6) is -0.356. The number of carbonyl (C=O) groups excluding carboxylic acids is 1. The molecule has 1 aromatic carbocycles. The van der Waals surface area contributed by atoms with Gasteiger partial charge in [-0.15, -0.1) is 0 Å². The number of nitro benzene ring substituents is 1. The monoisotopic (exact) mass is 324 g/mol. The maximum atomic E-state index is 12.3. The predicted molar refractivity (Wildman–Crippen MR) is 82.2 cm³/mol. The molecule has 0 bridgehead atoms. The van der Waals surface area contributed by atoms with Crippen LogP contribution in [0.5, 0.6) is 0 Å². The molecule has 1 aromatic rings. The maximum absolute atomic E-state index is 12.3. The molecule has 2 N–H and O–H groups in total. The van der Waals surface area contributed by atoms with E-state index < -0.39 is 22.3 Å². The Balaban J connectivity index is 2.27. The zero-order valence-electron chi connectivity index (χ0n) is 12.0. The van der Waals surface area contributed by atoms with Gasteiger partial charge in [-0.05, 0) is 42.9 Å². The van der Waals surface area contributed by atoms with Crippen LogP contribution in [0.1, 0.15) is 28.8 Å². The van der Waals surface area contributed by atoms with Crippen molar-refractivity contribution in [3.8, 4) is 0 Å². The third kappa shape index (κ3) is 3.38. The number of aryl methyl sites for hydroxylation is 1. The third-order valence-corrected chi connectivity index (χ3v) is 4.63. The Morgan fingerprint density at radius 3 is 2.50 bits per heavy atom. The van der Waals surface area contributed by atoms with E-state index in [4.69, 9.17) is 0 Å². The van der Waals surface area contributed by atoms with Crippen LogP contribution >= 0.6 is 11.8 Å². The van der Waals surface area contributed by atoms with Crippen LogP contribution in [-0.4, -0.2) is 39.0 Å². The fourth-order valence-corrected chi connectivity index (χ4v) is 3.59. The fraction of sp³-hybridized carbons (Fsp3) is 0.429. The van der Waals surface area contributed by atoms with Crippen LogP contribution in [0.15, 0.2) is 18.2 Å². The van der Waals surface area contributed by atoms with E-state index in [9.17, 15) is 24.8 Å². The molecule has 1 fully saturated rings. The standard InChI is InChI=1S/C14H16N2O5S/c1-9-6-10(8-11(7-9)16(20)21)12(17)15-14(13(18)19)2-4-22-5-3-14/h6-8H,2-5H2,1H3,(H,15,17)(H,18,19). The molecule has 8 heteroatoms. The summed E-state index contributed by atoms with van der Waals surface area (Å²) in [5, 5.41) is 22.9. The first-order chi connectivity index (χ1) is 10.3. The lowest BCUT2D eigenvalue weighted by atomic mass is 9.91. The molecule has 1 saturated heterocycles. The van der Waals surface area contributed by atoms with Crippen molar-refractivity contribution in [3.63, 3.8) is 0 Å². The average molecular weight is 324 g/mol. The normalized spacial score (nSPS) is 16.8. The largest absolute Gasteiger partial charge is 0.480 e. The van der Waals surface area contributed by atoms with E-state index in [0.717, 1.165) is 6.07 Å². The molecule has 0 unspecified atom stereocenters. The van der Waals surface area contributed by atoms with Crippen LogP contribution in [0.25, 0.3) is 0 Å². The SMILES string of the molecule is Cc1cc(C(=O)NC2(C(=O)O)CCSCC2)cc([N+](=O)[O-])c1. The highest BCUT2D eigenvalue weighted by atomic mass is 32.2. The Bertz CT molecular complexity index is 626. The average Bonchev–Trinajstić information content (AvgIpc) is 2.47. The Hall–Kier alpha value is -2.09. The van der Waals surface area contributed by atoms with Crippen molar-refractivity contribution in [1.82, 2.24) is 5.32 Å². The molecule has 0 radical (unpaired) electrons. The lowest BCUT2D eigenvalue weighted by Gasteiger charge is -2.33. The van der Waals surface area contributed by atoms with Gasteiger partial charge in [0.2, 0.25) is 0 Å². The zero-order valence-corrected chi connectivity index (χ0v) is 12.8. The molecule has 0 aromatic heterocycles. The van der Waals surface area contributed by atoms with Gasteiger partial charge in [0.05, 0.1) is 4.92 Å². The zero-order chi connectivity index (χ0) is 16.3. The highest BCUT2D eigenvalue weighted by molar-refractivity contribution is 7.99. The number of carbonyl (C=O) groups is 2. The number of non-ortho nitro benzene ring substituents is 1. The number of nitro groups is 1. The first-order valence-corrected chi connectivity index (χ1v) is 7.89. The third-order valence-electron chi connectivity index (χ3n) is 3.64. The molecule has 1 aliphatic rings. The van der Waals surface area contributed by atoms with Gasteiger partial charge in [0.1, 0.15) is 5.54 Å².